The highest BCUT2D eigenvalue weighted by atomic mass is 16.5. The molecule has 0 amide bonds. The second-order valence-corrected chi connectivity index (χ2v) is 2.62. The molecule has 5 nitrogen and oxygen atoms in total. The minimum atomic E-state index is -0.296. The number of aromatic nitrogens is 2. The van der Waals surface area contributed by atoms with E-state index in [1.165, 1.54) is 6.20 Å². The van der Waals surface area contributed by atoms with E-state index in [1.807, 2.05) is 0 Å². The molecule has 0 aliphatic carbocycles. The van der Waals surface area contributed by atoms with Gasteiger partial charge in [-0.2, -0.15) is 0 Å². The Bertz CT molecular complexity index is 287. The number of esters is 1. The van der Waals surface area contributed by atoms with Crippen molar-refractivity contribution >= 4 is 11.8 Å². The van der Waals surface area contributed by atoms with Gasteiger partial charge in [-0.3, -0.25) is 4.79 Å². The topological polar surface area (TPSA) is 70.1 Å². The molecule has 1 aromatic heterocycles. The maximum atomic E-state index is 11.1. The Labute approximate surface area is 76.5 Å². The molecule has 0 bridgehead atoms. The van der Waals surface area contributed by atoms with Gasteiger partial charge in [-0.1, -0.05) is 0 Å². The van der Waals surface area contributed by atoms with Gasteiger partial charge in [0.2, 0.25) is 0 Å². The first-order chi connectivity index (χ1) is 6.15. The fraction of sp³-hybridized carbons (Fsp3) is 0.500. The van der Waals surface area contributed by atoms with Crippen molar-refractivity contribution in [3.63, 3.8) is 0 Å². The van der Waals surface area contributed by atoms with Crippen LogP contribution < -0.4 is 5.73 Å². The zero-order valence-corrected chi connectivity index (χ0v) is 7.78. The molecule has 0 spiro atoms. The summed E-state index contributed by atoms with van der Waals surface area (Å²) in [7, 11) is 0. The monoisotopic (exact) mass is 183 g/mol. The smallest absolute Gasteiger partial charge is 0.326 e. The average Bonchev–Trinajstić information content (AvgIpc) is 2.36. The number of hydrogen-bond acceptors (Lipinski definition) is 4. The highest BCUT2D eigenvalue weighted by Crippen LogP contribution is 2.05. The molecule has 72 valence electrons. The average molecular weight is 183 g/mol. The Morgan fingerprint density at radius 3 is 2.92 bits per heavy atom. The Morgan fingerprint density at radius 2 is 2.46 bits per heavy atom. The molecule has 0 aliphatic rings. The number of nitrogen functional groups attached to an aromatic ring is 1. The van der Waals surface area contributed by atoms with Crippen molar-refractivity contribution < 1.29 is 9.53 Å². The van der Waals surface area contributed by atoms with E-state index in [0.717, 1.165) is 0 Å². The van der Waals surface area contributed by atoms with Gasteiger partial charge in [0.05, 0.1) is 12.8 Å². The molecular formula is C8H13N3O2. The minimum absolute atomic E-state index is 0.130. The van der Waals surface area contributed by atoms with Crippen LogP contribution in [-0.4, -0.2) is 22.1 Å². The third kappa shape index (κ3) is 2.21. The van der Waals surface area contributed by atoms with Crippen LogP contribution in [0.25, 0.3) is 0 Å². The SMILES string of the molecule is CCOC(=O)Cn1c(N)cnc1C. The highest BCUT2D eigenvalue weighted by Gasteiger charge is 2.08. The molecule has 1 aromatic rings. The van der Waals surface area contributed by atoms with E-state index < -0.39 is 0 Å². The van der Waals surface area contributed by atoms with Crippen molar-refractivity contribution in [2.45, 2.75) is 20.4 Å². The molecule has 0 atom stereocenters. The van der Waals surface area contributed by atoms with Crippen molar-refractivity contribution in [1.82, 2.24) is 9.55 Å². The zero-order valence-electron chi connectivity index (χ0n) is 7.78. The lowest BCUT2D eigenvalue weighted by molar-refractivity contribution is -0.143. The van der Waals surface area contributed by atoms with Crippen LogP contribution in [0.2, 0.25) is 0 Å². The van der Waals surface area contributed by atoms with E-state index in [9.17, 15) is 4.79 Å². The summed E-state index contributed by atoms with van der Waals surface area (Å²) in [5, 5.41) is 0. The fourth-order valence-electron chi connectivity index (χ4n) is 1.03. The van der Waals surface area contributed by atoms with E-state index in [2.05, 4.69) is 4.98 Å². The van der Waals surface area contributed by atoms with Gasteiger partial charge < -0.3 is 15.0 Å². The van der Waals surface area contributed by atoms with E-state index in [0.29, 0.717) is 18.2 Å². The molecule has 5 heteroatoms. The Hall–Kier alpha value is -1.52. The lowest BCUT2D eigenvalue weighted by Gasteiger charge is -2.06. The zero-order chi connectivity index (χ0) is 9.84. The number of imidazole rings is 1. The third-order valence-electron chi connectivity index (χ3n) is 1.68. The van der Waals surface area contributed by atoms with Crippen molar-refractivity contribution in [3.05, 3.63) is 12.0 Å². The van der Waals surface area contributed by atoms with Crippen LogP contribution in [0.1, 0.15) is 12.7 Å². The third-order valence-corrected chi connectivity index (χ3v) is 1.68. The maximum absolute atomic E-state index is 11.1. The summed E-state index contributed by atoms with van der Waals surface area (Å²) in [6.07, 6.45) is 1.52. The summed E-state index contributed by atoms with van der Waals surface area (Å²) in [4.78, 5) is 15.0. The summed E-state index contributed by atoms with van der Waals surface area (Å²) in [5.41, 5.74) is 5.58. The molecule has 1 rings (SSSR count). The number of nitrogens with two attached hydrogens (primary N) is 1. The summed E-state index contributed by atoms with van der Waals surface area (Å²) >= 11 is 0. The van der Waals surface area contributed by atoms with Gasteiger partial charge in [0.15, 0.2) is 0 Å². The van der Waals surface area contributed by atoms with Crippen LogP contribution in [0, 0.1) is 6.92 Å². The molecule has 0 saturated heterocycles. The number of carbonyl (C=O) groups excluding carboxylic acids is 1. The number of anilines is 1. The van der Waals surface area contributed by atoms with Gasteiger partial charge in [0.25, 0.3) is 0 Å². The largest absolute Gasteiger partial charge is 0.465 e. The normalized spacial score (nSPS) is 10.0. The number of rotatable bonds is 3. The van der Waals surface area contributed by atoms with Crippen LogP contribution in [0.4, 0.5) is 5.82 Å². The van der Waals surface area contributed by atoms with Gasteiger partial charge in [-0.25, -0.2) is 4.98 Å². The number of ether oxygens (including phenoxy) is 1. The maximum Gasteiger partial charge on any atom is 0.326 e. The van der Waals surface area contributed by atoms with Gasteiger partial charge in [-0.15, -0.1) is 0 Å². The van der Waals surface area contributed by atoms with Crippen LogP contribution in [0.15, 0.2) is 6.20 Å². The molecule has 0 aromatic carbocycles. The fourth-order valence-corrected chi connectivity index (χ4v) is 1.03. The van der Waals surface area contributed by atoms with Gasteiger partial charge in [0.1, 0.15) is 18.2 Å². The van der Waals surface area contributed by atoms with Crippen LogP contribution >= 0.6 is 0 Å². The van der Waals surface area contributed by atoms with Crippen molar-refractivity contribution in [1.29, 1.82) is 0 Å². The standard InChI is InChI=1S/C8H13N3O2/c1-3-13-8(12)5-11-6(2)10-4-7(11)9/h4H,3,5,9H2,1-2H3. The van der Waals surface area contributed by atoms with Gasteiger partial charge in [-0.05, 0) is 13.8 Å². The Balaban J connectivity index is 2.68. The Kier molecular flexibility index (Phi) is 2.89. The lowest BCUT2D eigenvalue weighted by Crippen LogP contribution is -2.15. The summed E-state index contributed by atoms with van der Waals surface area (Å²) in [6.45, 7) is 4.07. The van der Waals surface area contributed by atoms with Crippen molar-refractivity contribution in [2.24, 2.45) is 0 Å². The van der Waals surface area contributed by atoms with E-state index >= 15 is 0 Å². The highest BCUT2D eigenvalue weighted by molar-refractivity contribution is 5.69. The van der Waals surface area contributed by atoms with Gasteiger partial charge >= 0.3 is 5.97 Å². The first-order valence-electron chi connectivity index (χ1n) is 4.08. The molecule has 2 N–H and O–H groups in total. The van der Waals surface area contributed by atoms with Crippen molar-refractivity contribution in [2.75, 3.05) is 12.3 Å². The van der Waals surface area contributed by atoms with E-state index in [-0.39, 0.29) is 12.5 Å². The second kappa shape index (κ2) is 3.93. The van der Waals surface area contributed by atoms with E-state index in [4.69, 9.17) is 10.5 Å². The predicted molar refractivity (Wildman–Crippen MR) is 48.0 cm³/mol. The minimum Gasteiger partial charge on any atom is -0.465 e. The molecule has 0 fully saturated rings. The summed E-state index contributed by atoms with van der Waals surface area (Å²) in [5.74, 6) is 0.895. The molecule has 1 heterocycles. The van der Waals surface area contributed by atoms with Crippen LogP contribution in [0.3, 0.4) is 0 Å². The summed E-state index contributed by atoms with van der Waals surface area (Å²) < 4.78 is 6.39. The van der Waals surface area contributed by atoms with Gasteiger partial charge in [0, 0.05) is 0 Å². The predicted octanol–water partition coefficient (Wildman–Crippen LogP) is 0.337. The Morgan fingerprint density at radius 1 is 1.77 bits per heavy atom. The lowest BCUT2D eigenvalue weighted by atomic mass is 10.5. The first-order valence-corrected chi connectivity index (χ1v) is 4.08. The molecule has 0 unspecified atom stereocenters. The summed E-state index contributed by atoms with van der Waals surface area (Å²) in [6, 6.07) is 0. The molecule has 13 heavy (non-hydrogen) atoms. The molecule has 0 radical (unpaired) electrons. The van der Waals surface area contributed by atoms with E-state index in [1.54, 1.807) is 18.4 Å². The van der Waals surface area contributed by atoms with Crippen LogP contribution in [-0.2, 0) is 16.1 Å². The van der Waals surface area contributed by atoms with Crippen molar-refractivity contribution in [3.8, 4) is 0 Å². The second-order valence-electron chi connectivity index (χ2n) is 2.62. The van der Waals surface area contributed by atoms with Crippen LogP contribution in [0.5, 0.6) is 0 Å². The molecule has 0 saturated carbocycles. The number of aryl methyl sites for hydroxylation is 1. The molecule has 0 aliphatic heterocycles. The first kappa shape index (κ1) is 9.57. The quantitative estimate of drug-likeness (QED) is 0.686. The number of carbonyl (C=O) groups is 1. The number of hydrogen-bond donors (Lipinski definition) is 1. The number of nitrogens with zero attached hydrogens (tertiary/aromatic N) is 2. The molecular weight excluding hydrogens is 170 g/mol.